The number of nitrogens with zero attached hydrogens (tertiary/aromatic N) is 7. The van der Waals surface area contributed by atoms with E-state index in [-0.39, 0.29) is 0 Å². The summed E-state index contributed by atoms with van der Waals surface area (Å²) < 4.78 is 2.61. The highest BCUT2D eigenvalue weighted by Crippen LogP contribution is 2.38. The Bertz CT molecular complexity index is 947. The van der Waals surface area contributed by atoms with Gasteiger partial charge in [-0.15, -0.1) is 0 Å². The Balaban J connectivity index is 1.53. The molecule has 3 aromatic heterocycles. The van der Waals surface area contributed by atoms with E-state index in [1.54, 1.807) is 6.33 Å². The fraction of sp³-hybridized carbons (Fsp3) is 0.438. The molecule has 1 aliphatic heterocycles. The van der Waals surface area contributed by atoms with Crippen LogP contribution in [0.5, 0.6) is 0 Å². The van der Waals surface area contributed by atoms with Crippen LogP contribution in [0.25, 0.3) is 5.52 Å². The van der Waals surface area contributed by atoms with E-state index >= 15 is 0 Å². The predicted octanol–water partition coefficient (Wildman–Crippen LogP) is 2.43. The van der Waals surface area contributed by atoms with Crippen LogP contribution in [0.3, 0.4) is 0 Å². The van der Waals surface area contributed by atoms with Gasteiger partial charge in [0, 0.05) is 37.2 Å². The van der Waals surface area contributed by atoms with Crippen molar-refractivity contribution in [1.29, 1.82) is 0 Å². The molecule has 1 fully saturated rings. The summed E-state index contributed by atoms with van der Waals surface area (Å²) in [5, 5.41) is 4.30. The van der Waals surface area contributed by atoms with Gasteiger partial charge in [0.2, 0.25) is 0 Å². The molecule has 0 radical (unpaired) electrons. The standard InChI is InChI=1S/C16H16BrN7/c1-9-21-14(17)13-16(19-8-20-24(9)13)23-5-4-12-11(7-23)6-18-15(22-12)10-2-3-10/h6,8,10H,2-5,7H2,1H3. The summed E-state index contributed by atoms with van der Waals surface area (Å²) in [5.41, 5.74) is 3.29. The number of anilines is 1. The maximum Gasteiger partial charge on any atom is 0.159 e. The zero-order chi connectivity index (χ0) is 16.3. The number of hydrogen-bond acceptors (Lipinski definition) is 6. The van der Waals surface area contributed by atoms with Crippen LogP contribution in [-0.2, 0) is 13.0 Å². The van der Waals surface area contributed by atoms with Gasteiger partial charge in [0.05, 0.1) is 5.69 Å². The molecule has 0 amide bonds. The van der Waals surface area contributed by atoms with Crippen LogP contribution in [0.1, 0.15) is 41.7 Å². The van der Waals surface area contributed by atoms with E-state index in [0.717, 1.165) is 47.1 Å². The van der Waals surface area contributed by atoms with Crippen LogP contribution in [-0.4, -0.2) is 36.1 Å². The van der Waals surface area contributed by atoms with Crippen LogP contribution in [0.2, 0.25) is 0 Å². The topological polar surface area (TPSA) is 72.1 Å². The largest absolute Gasteiger partial charge is 0.350 e. The highest BCUT2D eigenvalue weighted by Gasteiger charge is 2.29. The van der Waals surface area contributed by atoms with Gasteiger partial charge in [-0.2, -0.15) is 5.10 Å². The third-order valence-electron chi connectivity index (χ3n) is 4.73. The first-order valence-electron chi connectivity index (χ1n) is 8.16. The lowest BCUT2D eigenvalue weighted by Gasteiger charge is -2.29. The fourth-order valence-electron chi connectivity index (χ4n) is 3.30. The molecule has 0 spiro atoms. The molecule has 0 N–H and O–H groups in total. The SMILES string of the molecule is Cc1nc(Br)c2c(N3CCc4nc(C5CC5)ncc4C3)ncnn12. The third-order valence-corrected chi connectivity index (χ3v) is 5.28. The first kappa shape index (κ1) is 14.3. The van der Waals surface area contributed by atoms with Crippen molar-refractivity contribution in [3.8, 4) is 0 Å². The van der Waals surface area contributed by atoms with Crippen molar-refractivity contribution in [2.75, 3.05) is 11.4 Å². The molecule has 1 aliphatic carbocycles. The molecule has 122 valence electrons. The summed E-state index contributed by atoms with van der Waals surface area (Å²) in [4.78, 5) is 20.6. The Labute approximate surface area is 147 Å². The molecule has 0 saturated heterocycles. The van der Waals surface area contributed by atoms with Crippen LogP contribution >= 0.6 is 15.9 Å². The molecule has 0 bridgehead atoms. The molecule has 0 unspecified atom stereocenters. The maximum atomic E-state index is 4.79. The van der Waals surface area contributed by atoms with Crippen molar-refractivity contribution in [3.05, 3.63) is 40.0 Å². The average molecular weight is 386 g/mol. The van der Waals surface area contributed by atoms with Gasteiger partial charge in [0.15, 0.2) is 5.82 Å². The lowest BCUT2D eigenvalue weighted by Crippen LogP contribution is -2.32. The van der Waals surface area contributed by atoms with E-state index in [9.17, 15) is 0 Å². The number of rotatable bonds is 2. The highest BCUT2D eigenvalue weighted by atomic mass is 79.9. The molecule has 8 heteroatoms. The lowest BCUT2D eigenvalue weighted by molar-refractivity contribution is 0.682. The first-order chi connectivity index (χ1) is 11.7. The van der Waals surface area contributed by atoms with Gasteiger partial charge in [-0.3, -0.25) is 0 Å². The van der Waals surface area contributed by atoms with Gasteiger partial charge in [0.1, 0.15) is 28.1 Å². The van der Waals surface area contributed by atoms with Crippen molar-refractivity contribution in [3.63, 3.8) is 0 Å². The third kappa shape index (κ3) is 2.20. The second-order valence-corrected chi connectivity index (χ2v) is 7.19. The van der Waals surface area contributed by atoms with Gasteiger partial charge in [-0.25, -0.2) is 24.5 Å². The number of halogens is 1. The number of aryl methyl sites for hydroxylation is 1. The second-order valence-electron chi connectivity index (χ2n) is 6.44. The van der Waals surface area contributed by atoms with Crippen molar-refractivity contribution < 1.29 is 0 Å². The molecule has 7 nitrogen and oxygen atoms in total. The lowest BCUT2D eigenvalue weighted by atomic mass is 10.1. The van der Waals surface area contributed by atoms with Crippen LogP contribution in [0.15, 0.2) is 17.1 Å². The van der Waals surface area contributed by atoms with E-state index in [1.807, 2.05) is 17.6 Å². The number of hydrogen-bond donors (Lipinski definition) is 0. The molecule has 0 atom stereocenters. The number of aromatic nitrogens is 6. The second kappa shape index (κ2) is 5.20. The van der Waals surface area contributed by atoms with Crippen molar-refractivity contribution in [2.45, 2.75) is 38.6 Å². The summed E-state index contributed by atoms with van der Waals surface area (Å²) in [6, 6.07) is 0. The van der Waals surface area contributed by atoms with E-state index in [0.29, 0.717) is 5.92 Å². The Morgan fingerprint density at radius 2 is 2.08 bits per heavy atom. The molecule has 24 heavy (non-hydrogen) atoms. The number of imidazole rings is 1. The average Bonchev–Trinajstić information content (AvgIpc) is 3.41. The number of fused-ring (bicyclic) bond motifs is 2. The van der Waals surface area contributed by atoms with Crippen LogP contribution in [0, 0.1) is 6.92 Å². The first-order valence-corrected chi connectivity index (χ1v) is 8.95. The molecule has 3 aromatic rings. The van der Waals surface area contributed by atoms with Crippen molar-refractivity contribution in [2.24, 2.45) is 0 Å². The fourth-order valence-corrected chi connectivity index (χ4v) is 3.90. The summed E-state index contributed by atoms with van der Waals surface area (Å²) in [5.74, 6) is 3.37. The smallest absolute Gasteiger partial charge is 0.159 e. The van der Waals surface area contributed by atoms with E-state index in [4.69, 9.17) is 4.98 Å². The Morgan fingerprint density at radius 1 is 1.21 bits per heavy atom. The van der Waals surface area contributed by atoms with Gasteiger partial charge in [-0.05, 0) is 35.7 Å². The van der Waals surface area contributed by atoms with Gasteiger partial charge in [-0.1, -0.05) is 0 Å². The minimum absolute atomic E-state index is 0.598. The molecule has 4 heterocycles. The van der Waals surface area contributed by atoms with Gasteiger partial charge in [0.25, 0.3) is 0 Å². The van der Waals surface area contributed by atoms with Crippen LogP contribution in [0.4, 0.5) is 5.82 Å². The van der Waals surface area contributed by atoms with Gasteiger partial charge < -0.3 is 4.90 Å². The Kier molecular flexibility index (Phi) is 3.09. The molecular formula is C16H16BrN7. The molecule has 2 aliphatic rings. The summed E-state index contributed by atoms with van der Waals surface area (Å²) in [6.07, 6.45) is 6.97. The molecule has 1 saturated carbocycles. The zero-order valence-electron chi connectivity index (χ0n) is 13.3. The Morgan fingerprint density at radius 3 is 2.92 bits per heavy atom. The Hall–Kier alpha value is -2.09. The van der Waals surface area contributed by atoms with Gasteiger partial charge >= 0.3 is 0 Å². The highest BCUT2D eigenvalue weighted by molar-refractivity contribution is 9.10. The van der Waals surface area contributed by atoms with E-state index in [1.165, 1.54) is 24.1 Å². The maximum absolute atomic E-state index is 4.79. The van der Waals surface area contributed by atoms with Crippen molar-refractivity contribution in [1.82, 2.24) is 29.5 Å². The van der Waals surface area contributed by atoms with Crippen molar-refractivity contribution >= 4 is 27.3 Å². The zero-order valence-corrected chi connectivity index (χ0v) is 14.9. The molecular weight excluding hydrogens is 370 g/mol. The molecule has 0 aromatic carbocycles. The molecule has 5 rings (SSSR count). The summed E-state index contributed by atoms with van der Waals surface area (Å²) in [6.45, 7) is 3.59. The minimum atomic E-state index is 0.598. The van der Waals surface area contributed by atoms with E-state index in [2.05, 4.69) is 40.9 Å². The minimum Gasteiger partial charge on any atom is -0.350 e. The normalized spacial score (nSPS) is 17.3. The van der Waals surface area contributed by atoms with E-state index < -0.39 is 0 Å². The summed E-state index contributed by atoms with van der Waals surface area (Å²) >= 11 is 3.54. The monoisotopic (exact) mass is 385 g/mol. The predicted molar refractivity (Wildman–Crippen MR) is 92.0 cm³/mol. The quantitative estimate of drug-likeness (QED) is 0.674. The summed E-state index contributed by atoms with van der Waals surface area (Å²) in [7, 11) is 0. The van der Waals surface area contributed by atoms with Crippen LogP contribution < -0.4 is 4.90 Å².